The maximum atomic E-state index is 5.85. The highest BCUT2D eigenvalue weighted by atomic mass is 32.1. The molecule has 0 spiro atoms. The second-order valence-corrected chi connectivity index (χ2v) is 7.01. The molecule has 1 saturated heterocycles. The molecule has 0 amide bonds. The monoisotopic (exact) mass is 281 g/mol. The third-order valence-electron chi connectivity index (χ3n) is 3.96. The minimum atomic E-state index is 0.495. The second kappa shape index (κ2) is 7.41. The Kier molecular flexibility index (Phi) is 5.86. The predicted octanol–water partition coefficient (Wildman–Crippen LogP) is 4.36. The van der Waals surface area contributed by atoms with Crippen molar-refractivity contribution in [3.8, 4) is 0 Å². The average Bonchev–Trinajstić information content (AvgIpc) is 2.75. The van der Waals surface area contributed by atoms with Gasteiger partial charge in [0.1, 0.15) is 0 Å². The van der Waals surface area contributed by atoms with Crippen LogP contribution in [-0.2, 0) is 4.74 Å². The van der Waals surface area contributed by atoms with E-state index in [0.717, 1.165) is 13.2 Å². The number of ether oxygens (including phenoxy) is 1. The number of hydrogen-bond donors (Lipinski definition) is 1. The van der Waals surface area contributed by atoms with Gasteiger partial charge in [0.25, 0.3) is 0 Å². The standard InChI is InChI=1S/C16H27NOS/c1-4-17-16(15-11-12(2)19-13(15)3)9-8-14-7-5-6-10-18-14/h11,14,16-17H,4-10H2,1-3H3. The number of rotatable bonds is 6. The zero-order valence-corrected chi connectivity index (χ0v) is 13.3. The SMILES string of the molecule is CCNC(CCC1CCCCO1)c1cc(C)sc1C. The zero-order chi connectivity index (χ0) is 13.7. The van der Waals surface area contributed by atoms with Gasteiger partial charge >= 0.3 is 0 Å². The number of aryl methyl sites for hydroxylation is 2. The van der Waals surface area contributed by atoms with Gasteiger partial charge in [-0.25, -0.2) is 0 Å². The van der Waals surface area contributed by atoms with E-state index in [0.29, 0.717) is 12.1 Å². The summed E-state index contributed by atoms with van der Waals surface area (Å²) in [5, 5.41) is 3.64. The van der Waals surface area contributed by atoms with Gasteiger partial charge in [0.2, 0.25) is 0 Å². The zero-order valence-electron chi connectivity index (χ0n) is 12.5. The summed E-state index contributed by atoms with van der Waals surface area (Å²) in [7, 11) is 0. The van der Waals surface area contributed by atoms with Crippen molar-refractivity contribution in [2.24, 2.45) is 0 Å². The molecule has 1 aliphatic heterocycles. The summed E-state index contributed by atoms with van der Waals surface area (Å²) in [5.74, 6) is 0. The van der Waals surface area contributed by atoms with Gasteiger partial charge in [-0.2, -0.15) is 0 Å². The van der Waals surface area contributed by atoms with E-state index >= 15 is 0 Å². The highest BCUT2D eigenvalue weighted by Crippen LogP contribution is 2.30. The fourth-order valence-electron chi connectivity index (χ4n) is 3.00. The van der Waals surface area contributed by atoms with Gasteiger partial charge < -0.3 is 10.1 Å². The lowest BCUT2D eigenvalue weighted by molar-refractivity contribution is 0.00856. The van der Waals surface area contributed by atoms with E-state index in [-0.39, 0.29) is 0 Å². The van der Waals surface area contributed by atoms with Gasteiger partial charge in [-0.05, 0) is 64.1 Å². The molecule has 0 saturated carbocycles. The van der Waals surface area contributed by atoms with Crippen LogP contribution in [0, 0.1) is 13.8 Å². The Morgan fingerprint density at radius 1 is 1.42 bits per heavy atom. The van der Waals surface area contributed by atoms with E-state index in [2.05, 4.69) is 32.2 Å². The van der Waals surface area contributed by atoms with Crippen LogP contribution in [0.3, 0.4) is 0 Å². The summed E-state index contributed by atoms with van der Waals surface area (Å²) in [4.78, 5) is 2.89. The summed E-state index contributed by atoms with van der Waals surface area (Å²) < 4.78 is 5.85. The van der Waals surface area contributed by atoms with Crippen molar-refractivity contribution < 1.29 is 4.74 Å². The summed E-state index contributed by atoms with van der Waals surface area (Å²) >= 11 is 1.91. The molecule has 2 nitrogen and oxygen atoms in total. The maximum Gasteiger partial charge on any atom is 0.0575 e. The largest absolute Gasteiger partial charge is 0.378 e. The Bertz CT molecular complexity index is 382. The molecule has 0 bridgehead atoms. The third-order valence-corrected chi connectivity index (χ3v) is 4.94. The van der Waals surface area contributed by atoms with Gasteiger partial charge in [0.05, 0.1) is 6.10 Å². The van der Waals surface area contributed by atoms with Crippen LogP contribution in [0.2, 0.25) is 0 Å². The topological polar surface area (TPSA) is 21.3 Å². The summed E-state index contributed by atoms with van der Waals surface area (Å²) in [5.41, 5.74) is 1.50. The van der Waals surface area contributed by atoms with Crippen LogP contribution in [0.4, 0.5) is 0 Å². The molecule has 108 valence electrons. The Morgan fingerprint density at radius 2 is 2.26 bits per heavy atom. The maximum absolute atomic E-state index is 5.85. The van der Waals surface area contributed by atoms with Crippen LogP contribution in [0.5, 0.6) is 0 Å². The molecule has 2 heterocycles. The van der Waals surface area contributed by atoms with Crippen molar-refractivity contribution in [1.29, 1.82) is 0 Å². The molecule has 2 rings (SSSR count). The molecular weight excluding hydrogens is 254 g/mol. The second-order valence-electron chi connectivity index (χ2n) is 5.54. The van der Waals surface area contributed by atoms with E-state index in [1.807, 2.05) is 11.3 Å². The first-order valence-electron chi connectivity index (χ1n) is 7.62. The summed E-state index contributed by atoms with van der Waals surface area (Å²) in [6.07, 6.45) is 6.71. The summed E-state index contributed by atoms with van der Waals surface area (Å²) in [6, 6.07) is 2.86. The van der Waals surface area contributed by atoms with Crippen molar-refractivity contribution in [3.05, 3.63) is 21.4 Å². The van der Waals surface area contributed by atoms with Gasteiger partial charge in [-0.3, -0.25) is 0 Å². The van der Waals surface area contributed by atoms with Crippen molar-refractivity contribution in [2.75, 3.05) is 13.2 Å². The van der Waals surface area contributed by atoms with Gasteiger partial charge in [-0.1, -0.05) is 6.92 Å². The lowest BCUT2D eigenvalue weighted by atomic mass is 9.97. The van der Waals surface area contributed by atoms with Crippen LogP contribution < -0.4 is 5.32 Å². The molecule has 1 aromatic rings. The first kappa shape index (κ1) is 15.0. The van der Waals surface area contributed by atoms with E-state index in [4.69, 9.17) is 4.74 Å². The lowest BCUT2D eigenvalue weighted by Gasteiger charge is -2.25. The number of thiophene rings is 1. The predicted molar refractivity (Wildman–Crippen MR) is 83.0 cm³/mol. The average molecular weight is 281 g/mol. The number of nitrogens with one attached hydrogen (secondary N) is 1. The molecule has 0 aromatic carbocycles. The molecule has 2 unspecified atom stereocenters. The Hall–Kier alpha value is -0.380. The van der Waals surface area contributed by atoms with Crippen molar-refractivity contribution >= 4 is 11.3 Å². The van der Waals surface area contributed by atoms with Crippen LogP contribution in [0.1, 0.15) is 60.4 Å². The molecule has 1 fully saturated rings. The minimum Gasteiger partial charge on any atom is -0.378 e. The molecule has 0 radical (unpaired) electrons. The quantitative estimate of drug-likeness (QED) is 0.836. The van der Waals surface area contributed by atoms with Crippen LogP contribution in [0.15, 0.2) is 6.07 Å². The van der Waals surface area contributed by atoms with Crippen molar-refractivity contribution in [3.63, 3.8) is 0 Å². The Morgan fingerprint density at radius 3 is 2.84 bits per heavy atom. The molecule has 1 N–H and O–H groups in total. The smallest absolute Gasteiger partial charge is 0.0575 e. The molecule has 1 aliphatic rings. The van der Waals surface area contributed by atoms with E-state index in [1.165, 1.54) is 47.4 Å². The third kappa shape index (κ3) is 4.30. The highest BCUT2D eigenvalue weighted by Gasteiger charge is 2.19. The van der Waals surface area contributed by atoms with E-state index < -0.39 is 0 Å². The van der Waals surface area contributed by atoms with Gasteiger partial charge in [-0.15, -0.1) is 11.3 Å². The van der Waals surface area contributed by atoms with Gasteiger partial charge in [0, 0.05) is 22.4 Å². The minimum absolute atomic E-state index is 0.495. The Labute approximate surface area is 121 Å². The van der Waals surface area contributed by atoms with E-state index in [9.17, 15) is 0 Å². The van der Waals surface area contributed by atoms with Crippen LogP contribution in [-0.4, -0.2) is 19.3 Å². The fourth-order valence-corrected chi connectivity index (χ4v) is 3.99. The first-order chi connectivity index (χ1) is 9.20. The normalized spacial score (nSPS) is 21.5. The summed E-state index contributed by atoms with van der Waals surface area (Å²) in [6.45, 7) is 8.64. The van der Waals surface area contributed by atoms with Gasteiger partial charge in [0.15, 0.2) is 0 Å². The lowest BCUT2D eigenvalue weighted by Crippen LogP contribution is -2.25. The van der Waals surface area contributed by atoms with Crippen molar-refractivity contribution in [2.45, 2.75) is 65.0 Å². The molecule has 3 heteroatoms. The molecule has 2 atom stereocenters. The van der Waals surface area contributed by atoms with Crippen LogP contribution >= 0.6 is 11.3 Å². The van der Waals surface area contributed by atoms with Crippen molar-refractivity contribution in [1.82, 2.24) is 5.32 Å². The highest BCUT2D eigenvalue weighted by molar-refractivity contribution is 7.12. The first-order valence-corrected chi connectivity index (χ1v) is 8.44. The fraction of sp³-hybridized carbons (Fsp3) is 0.750. The van der Waals surface area contributed by atoms with Crippen LogP contribution in [0.25, 0.3) is 0 Å². The molecular formula is C16H27NOS. The molecule has 1 aromatic heterocycles. The van der Waals surface area contributed by atoms with E-state index in [1.54, 1.807) is 0 Å². The molecule has 19 heavy (non-hydrogen) atoms. The molecule has 0 aliphatic carbocycles. The number of hydrogen-bond acceptors (Lipinski definition) is 3. The Balaban J connectivity index is 1.93.